The summed E-state index contributed by atoms with van der Waals surface area (Å²) in [6.45, 7) is 3.49. The molecule has 120 valence electrons. The minimum Gasteiger partial charge on any atom is -0.483 e. The second-order valence-electron chi connectivity index (χ2n) is 4.99. The third kappa shape index (κ3) is 4.29. The lowest BCUT2D eigenvalue weighted by molar-refractivity contribution is -0.123. The van der Waals surface area contributed by atoms with E-state index < -0.39 is 17.6 Å². The van der Waals surface area contributed by atoms with Crippen LogP contribution in [0.4, 0.5) is 4.39 Å². The third-order valence-corrected chi connectivity index (χ3v) is 3.19. The van der Waals surface area contributed by atoms with Crippen LogP contribution in [0.1, 0.15) is 21.5 Å². The molecule has 0 radical (unpaired) electrons. The Morgan fingerprint density at radius 1 is 1.00 bits per heavy atom. The van der Waals surface area contributed by atoms with Gasteiger partial charge in [-0.1, -0.05) is 30.3 Å². The number of aryl methyl sites for hydroxylation is 2. The van der Waals surface area contributed by atoms with E-state index in [1.54, 1.807) is 0 Å². The number of halogens is 1. The normalized spacial score (nSPS) is 10.0. The molecule has 0 spiro atoms. The first-order valence-electron chi connectivity index (χ1n) is 7.01. The average molecular weight is 316 g/mol. The summed E-state index contributed by atoms with van der Waals surface area (Å²) >= 11 is 0. The van der Waals surface area contributed by atoms with Gasteiger partial charge in [-0.05, 0) is 37.1 Å². The number of carbonyl (C=O) groups is 2. The molecule has 2 amide bonds. The van der Waals surface area contributed by atoms with Crippen molar-refractivity contribution in [2.75, 3.05) is 6.61 Å². The summed E-state index contributed by atoms with van der Waals surface area (Å²) in [5, 5.41) is 0. The lowest BCUT2D eigenvalue weighted by Gasteiger charge is -2.12. The topological polar surface area (TPSA) is 67.4 Å². The summed E-state index contributed by atoms with van der Waals surface area (Å²) in [5.41, 5.74) is 6.00. The van der Waals surface area contributed by atoms with Crippen molar-refractivity contribution in [1.29, 1.82) is 0 Å². The zero-order valence-corrected chi connectivity index (χ0v) is 12.9. The summed E-state index contributed by atoms with van der Waals surface area (Å²) in [4.78, 5) is 23.5. The van der Waals surface area contributed by atoms with Gasteiger partial charge in [-0.3, -0.25) is 20.4 Å². The smallest absolute Gasteiger partial charge is 0.276 e. The molecule has 0 aliphatic carbocycles. The number of carbonyl (C=O) groups excluding carboxylic acids is 2. The Labute approximate surface area is 133 Å². The summed E-state index contributed by atoms with van der Waals surface area (Å²) in [5.74, 6) is -1.31. The number of nitrogens with one attached hydrogen (secondary N) is 2. The molecule has 2 aromatic carbocycles. The lowest BCUT2D eigenvalue weighted by Crippen LogP contribution is -2.44. The van der Waals surface area contributed by atoms with Crippen molar-refractivity contribution in [2.45, 2.75) is 13.8 Å². The van der Waals surface area contributed by atoms with E-state index >= 15 is 0 Å². The highest BCUT2D eigenvalue weighted by molar-refractivity contribution is 5.95. The molecule has 2 rings (SSSR count). The maximum Gasteiger partial charge on any atom is 0.276 e. The van der Waals surface area contributed by atoms with Crippen molar-refractivity contribution in [3.63, 3.8) is 0 Å². The second-order valence-corrected chi connectivity index (χ2v) is 4.99. The van der Waals surface area contributed by atoms with E-state index in [0.717, 1.165) is 11.1 Å². The Hall–Kier alpha value is -2.89. The molecule has 0 atom stereocenters. The molecule has 0 bridgehead atoms. The Morgan fingerprint density at radius 2 is 1.65 bits per heavy atom. The number of amides is 2. The fraction of sp³-hybridized carbons (Fsp3) is 0.176. The Bertz CT molecular complexity index is 711. The summed E-state index contributed by atoms with van der Waals surface area (Å²) in [7, 11) is 0. The SMILES string of the molecule is Cc1cccc(C)c1OCC(=O)NNC(=O)c1ccccc1F. The van der Waals surface area contributed by atoms with Gasteiger partial charge in [0.25, 0.3) is 11.8 Å². The van der Waals surface area contributed by atoms with Gasteiger partial charge in [0.1, 0.15) is 11.6 Å². The van der Waals surface area contributed by atoms with Crippen LogP contribution in [0.5, 0.6) is 5.75 Å². The van der Waals surface area contributed by atoms with Gasteiger partial charge in [0, 0.05) is 0 Å². The van der Waals surface area contributed by atoms with E-state index in [1.165, 1.54) is 24.3 Å². The quantitative estimate of drug-likeness (QED) is 0.851. The van der Waals surface area contributed by atoms with Crippen LogP contribution in [0.3, 0.4) is 0 Å². The largest absolute Gasteiger partial charge is 0.483 e. The molecule has 0 aliphatic heterocycles. The maximum atomic E-state index is 13.4. The number of ether oxygens (including phenoxy) is 1. The molecule has 23 heavy (non-hydrogen) atoms. The van der Waals surface area contributed by atoms with Crippen LogP contribution in [0, 0.1) is 19.7 Å². The van der Waals surface area contributed by atoms with Gasteiger partial charge in [0.15, 0.2) is 6.61 Å². The average Bonchev–Trinajstić information content (AvgIpc) is 2.52. The summed E-state index contributed by atoms with van der Waals surface area (Å²) in [6, 6.07) is 11.1. The maximum absolute atomic E-state index is 13.4. The first-order chi connectivity index (χ1) is 11.0. The number of hydrazine groups is 1. The van der Waals surface area contributed by atoms with Crippen molar-refractivity contribution in [3.05, 3.63) is 65.0 Å². The third-order valence-electron chi connectivity index (χ3n) is 3.19. The molecular formula is C17H17FN2O3. The van der Waals surface area contributed by atoms with Crippen molar-refractivity contribution >= 4 is 11.8 Å². The van der Waals surface area contributed by atoms with Crippen LogP contribution in [0.25, 0.3) is 0 Å². The predicted molar refractivity (Wildman–Crippen MR) is 83.4 cm³/mol. The standard InChI is InChI=1S/C17H17FN2O3/c1-11-6-5-7-12(2)16(11)23-10-15(21)19-20-17(22)13-8-3-4-9-14(13)18/h3-9H,10H2,1-2H3,(H,19,21)(H,20,22). The van der Waals surface area contributed by atoms with Gasteiger partial charge in [0.2, 0.25) is 0 Å². The molecular weight excluding hydrogens is 299 g/mol. The molecule has 5 nitrogen and oxygen atoms in total. The minimum atomic E-state index is -0.733. The zero-order chi connectivity index (χ0) is 16.8. The van der Waals surface area contributed by atoms with E-state index in [4.69, 9.17) is 4.74 Å². The van der Waals surface area contributed by atoms with Crippen molar-refractivity contribution in [1.82, 2.24) is 10.9 Å². The van der Waals surface area contributed by atoms with Gasteiger partial charge in [-0.25, -0.2) is 4.39 Å². The van der Waals surface area contributed by atoms with Crippen molar-refractivity contribution in [2.24, 2.45) is 0 Å². The lowest BCUT2D eigenvalue weighted by atomic mass is 10.1. The Kier molecular flexibility index (Phi) is 5.30. The van der Waals surface area contributed by atoms with Gasteiger partial charge in [-0.15, -0.1) is 0 Å². The fourth-order valence-corrected chi connectivity index (χ4v) is 2.04. The molecule has 0 saturated carbocycles. The highest BCUT2D eigenvalue weighted by Crippen LogP contribution is 2.21. The Balaban J connectivity index is 1.86. The minimum absolute atomic E-state index is 0.150. The van der Waals surface area contributed by atoms with Crippen LogP contribution in [0.2, 0.25) is 0 Å². The molecule has 6 heteroatoms. The van der Waals surface area contributed by atoms with Crippen molar-refractivity contribution in [3.8, 4) is 5.75 Å². The predicted octanol–water partition coefficient (Wildman–Crippen LogP) is 2.28. The number of para-hydroxylation sites is 1. The number of hydrogen-bond acceptors (Lipinski definition) is 3. The molecule has 0 fully saturated rings. The first-order valence-corrected chi connectivity index (χ1v) is 7.01. The molecule has 2 aromatic rings. The molecule has 0 unspecified atom stereocenters. The fourth-order valence-electron chi connectivity index (χ4n) is 2.04. The highest BCUT2D eigenvalue weighted by atomic mass is 19.1. The van der Waals surface area contributed by atoms with E-state index in [-0.39, 0.29) is 12.2 Å². The Morgan fingerprint density at radius 3 is 2.30 bits per heavy atom. The van der Waals surface area contributed by atoms with Crippen LogP contribution in [-0.2, 0) is 4.79 Å². The number of rotatable bonds is 4. The van der Waals surface area contributed by atoms with Gasteiger partial charge >= 0.3 is 0 Å². The van der Waals surface area contributed by atoms with E-state index in [1.807, 2.05) is 32.0 Å². The second kappa shape index (κ2) is 7.40. The number of hydrogen-bond donors (Lipinski definition) is 2. The monoisotopic (exact) mass is 316 g/mol. The molecule has 0 aromatic heterocycles. The molecule has 0 saturated heterocycles. The molecule has 2 N–H and O–H groups in total. The summed E-state index contributed by atoms with van der Waals surface area (Å²) in [6.07, 6.45) is 0. The zero-order valence-electron chi connectivity index (χ0n) is 12.9. The van der Waals surface area contributed by atoms with E-state index in [2.05, 4.69) is 10.9 Å². The highest BCUT2D eigenvalue weighted by Gasteiger charge is 2.12. The van der Waals surface area contributed by atoms with E-state index in [0.29, 0.717) is 5.75 Å². The molecule has 0 aliphatic rings. The number of benzene rings is 2. The van der Waals surface area contributed by atoms with Crippen molar-refractivity contribution < 1.29 is 18.7 Å². The summed E-state index contributed by atoms with van der Waals surface area (Å²) < 4.78 is 18.9. The van der Waals surface area contributed by atoms with Gasteiger partial charge in [0.05, 0.1) is 5.56 Å². The van der Waals surface area contributed by atoms with Crippen LogP contribution >= 0.6 is 0 Å². The molecule has 0 heterocycles. The van der Waals surface area contributed by atoms with Gasteiger partial charge in [-0.2, -0.15) is 0 Å². The van der Waals surface area contributed by atoms with Crippen LogP contribution < -0.4 is 15.6 Å². The van der Waals surface area contributed by atoms with Gasteiger partial charge < -0.3 is 4.74 Å². The van der Waals surface area contributed by atoms with E-state index in [9.17, 15) is 14.0 Å². The first kappa shape index (κ1) is 16.5. The van der Waals surface area contributed by atoms with Crippen LogP contribution in [0.15, 0.2) is 42.5 Å². The van der Waals surface area contributed by atoms with Crippen LogP contribution in [-0.4, -0.2) is 18.4 Å².